The smallest absolute Gasteiger partial charge is 0.168 e. The molecule has 2 heteroatoms. The van der Waals surface area contributed by atoms with E-state index in [0.29, 0.717) is 12.5 Å². The van der Waals surface area contributed by atoms with Crippen molar-refractivity contribution in [1.82, 2.24) is 0 Å². The Morgan fingerprint density at radius 3 is 1.89 bits per heavy atom. The second kappa shape index (κ2) is 8.11. The number of benzene rings is 1. The van der Waals surface area contributed by atoms with Crippen LogP contribution in [0.4, 0.5) is 0 Å². The van der Waals surface area contributed by atoms with E-state index in [1.54, 1.807) is 0 Å². The molecule has 0 aliphatic carbocycles. The Balaban J connectivity index is 0.000000459. The minimum Gasteiger partial charge on any atom is -0.396 e. The van der Waals surface area contributed by atoms with Crippen LogP contribution in [0.2, 0.25) is 0 Å². The molecule has 1 aromatic rings. The lowest BCUT2D eigenvalue weighted by Crippen LogP contribution is -2.19. The first-order chi connectivity index (χ1) is 8.68. The molecule has 1 N–H and O–H groups in total. The van der Waals surface area contributed by atoms with Crippen molar-refractivity contribution in [2.24, 2.45) is 11.3 Å². The van der Waals surface area contributed by atoms with Gasteiger partial charge in [0.05, 0.1) is 0 Å². The van der Waals surface area contributed by atoms with E-state index in [0.717, 1.165) is 12.0 Å². The van der Waals surface area contributed by atoms with Gasteiger partial charge in [-0.05, 0) is 19.3 Å². The van der Waals surface area contributed by atoms with Crippen LogP contribution in [-0.2, 0) is 0 Å². The fourth-order valence-electron chi connectivity index (χ4n) is 1.40. The van der Waals surface area contributed by atoms with Crippen LogP contribution in [0.25, 0.3) is 0 Å². The molecule has 0 fully saturated rings. The maximum atomic E-state index is 11.8. The van der Waals surface area contributed by atoms with Gasteiger partial charge in [-0.25, -0.2) is 0 Å². The Kier molecular flexibility index (Phi) is 7.62. The molecule has 0 radical (unpaired) electrons. The van der Waals surface area contributed by atoms with E-state index in [2.05, 4.69) is 13.8 Å². The fraction of sp³-hybridized carbons (Fsp3) is 0.588. The highest BCUT2D eigenvalue weighted by atomic mass is 16.3. The van der Waals surface area contributed by atoms with E-state index in [9.17, 15) is 4.79 Å². The number of aryl methyl sites for hydroxylation is 1. The lowest BCUT2D eigenvalue weighted by atomic mass is 9.86. The van der Waals surface area contributed by atoms with Gasteiger partial charge in [-0.3, -0.25) is 4.79 Å². The third kappa shape index (κ3) is 7.78. The Labute approximate surface area is 117 Å². The third-order valence-corrected chi connectivity index (χ3v) is 2.70. The first-order valence-corrected chi connectivity index (χ1v) is 6.90. The van der Waals surface area contributed by atoms with Crippen LogP contribution in [0.15, 0.2) is 24.3 Å². The van der Waals surface area contributed by atoms with E-state index >= 15 is 0 Å². The number of aliphatic hydroxyl groups excluding tert-OH is 1. The molecule has 2 nitrogen and oxygen atoms in total. The number of hydrogen-bond donors (Lipinski definition) is 1. The van der Waals surface area contributed by atoms with E-state index in [-0.39, 0.29) is 11.2 Å². The molecule has 0 saturated heterocycles. The molecule has 1 aromatic carbocycles. The maximum Gasteiger partial charge on any atom is 0.168 e. The van der Waals surface area contributed by atoms with Crippen LogP contribution in [0.1, 0.15) is 57.0 Å². The number of aliphatic hydroxyl groups is 1. The van der Waals surface area contributed by atoms with Gasteiger partial charge in [0, 0.05) is 17.6 Å². The van der Waals surface area contributed by atoms with Crippen LogP contribution in [-0.4, -0.2) is 17.5 Å². The molecule has 0 aliphatic rings. The van der Waals surface area contributed by atoms with Gasteiger partial charge in [0.2, 0.25) is 0 Å². The Hall–Kier alpha value is -1.15. The molecule has 108 valence electrons. The molecular weight excluding hydrogens is 236 g/mol. The normalized spacial score (nSPS) is 10.9. The summed E-state index contributed by atoms with van der Waals surface area (Å²) in [6.45, 7) is 12.4. The van der Waals surface area contributed by atoms with Crippen LogP contribution >= 0.6 is 0 Å². The summed E-state index contributed by atoms with van der Waals surface area (Å²) in [5.74, 6) is 0.850. The Morgan fingerprint density at radius 2 is 1.63 bits per heavy atom. The Bertz CT molecular complexity index is 369. The molecule has 0 atom stereocenters. The summed E-state index contributed by atoms with van der Waals surface area (Å²) in [5.41, 5.74) is 1.71. The van der Waals surface area contributed by atoms with Gasteiger partial charge < -0.3 is 5.11 Å². The predicted octanol–water partition coefficient (Wildman–Crippen LogP) is 4.25. The predicted molar refractivity (Wildman–Crippen MR) is 81.5 cm³/mol. The van der Waals surface area contributed by atoms with E-state index in [1.807, 2.05) is 52.0 Å². The summed E-state index contributed by atoms with van der Waals surface area (Å²) >= 11 is 0. The van der Waals surface area contributed by atoms with Crippen molar-refractivity contribution >= 4 is 5.78 Å². The van der Waals surface area contributed by atoms with E-state index in [4.69, 9.17) is 5.11 Å². The molecule has 0 bridgehead atoms. The van der Waals surface area contributed by atoms with Crippen molar-refractivity contribution in [3.8, 4) is 0 Å². The highest BCUT2D eigenvalue weighted by Crippen LogP contribution is 2.20. The SMILES string of the molecule is CC(C)CCO.Cc1ccc(C(=O)C(C)(C)C)cc1. The van der Waals surface area contributed by atoms with Crippen molar-refractivity contribution in [3.63, 3.8) is 0 Å². The van der Waals surface area contributed by atoms with Crippen molar-refractivity contribution in [2.75, 3.05) is 6.61 Å². The van der Waals surface area contributed by atoms with Gasteiger partial charge in [-0.2, -0.15) is 0 Å². The topological polar surface area (TPSA) is 37.3 Å². The number of hydrogen-bond acceptors (Lipinski definition) is 2. The summed E-state index contributed by atoms with van der Waals surface area (Å²) in [4.78, 5) is 11.8. The Morgan fingerprint density at radius 1 is 1.16 bits per heavy atom. The van der Waals surface area contributed by atoms with Crippen molar-refractivity contribution < 1.29 is 9.90 Å². The number of rotatable bonds is 3. The number of carbonyl (C=O) groups is 1. The summed E-state index contributed by atoms with van der Waals surface area (Å²) in [5, 5.41) is 8.24. The zero-order valence-electron chi connectivity index (χ0n) is 13.2. The zero-order valence-corrected chi connectivity index (χ0v) is 13.2. The highest BCUT2D eigenvalue weighted by Gasteiger charge is 2.22. The van der Waals surface area contributed by atoms with Crippen LogP contribution in [0.5, 0.6) is 0 Å². The third-order valence-electron chi connectivity index (χ3n) is 2.70. The van der Waals surface area contributed by atoms with Gasteiger partial charge in [0.25, 0.3) is 0 Å². The van der Waals surface area contributed by atoms with Crippen molar-refractivity contribution in [3.05, 3.63) is 35.4 Å². The summed E-state index contributed by atoms with van der Waals surface area (Å²) < 4.78 is 0. The number of ketones is 1. The van der Waals surface area contributed by atoms with E-state index in [1.165, 1.54) is 5.56 Å². The van der Waals surface area contributed by atoms with Gasteiger partial charge >= 0.3 is 0 Å². The molecule has 0 spiro atoms. The molecule has 0 amide bonds. The quantitative estimate of drug-likeness (QED) is 0.829. The standard InChI is InChI=1S/C12H16O.C5H12O/c1-9-5-7-10(8-6-9)11(13)12(2,3)4;1-5(2)3-4-6/h5-8H,1-4H3;5-6H,3-4H2,1-2H3. The average molecular weight is 264 g/mol. The van der Waals surface area contributed by atoms with Gasteiger partial charge in [0.15, 0.2) is 5.78 Å². The molecule has 0 aliphatic heterocycles. The van der Waals surface area contributed by atoms with Gasteiger partial charge in [-0.1, -0.05) is 64.4 Å². The van der Waals surface area contributed by atoms with Gasteiger partial charge in [0.1, 0.15) is 0 Å². The summed E-state index contributed by atoms with van der Waals surface area (Å²) in [6.07, 6.45) is 0.931. The molecule has 0 heterocycles. The molecule has 19 heavy (non-hydrogen) atoms. The summed E-state index contributed by atoms with van der Waals surface area (Å²) in [7, 11) is 0. The van der Waals surface area contributed by atoms with Crippen LogP contribution in [0.3, 0.4) is 0 Å². The molecule has 0 saturated carbocycles. The minimum atomic E-state index is -0.282. The maximum absolute atomic E-state index is 11.8. The molecule has 0 unspecified atom stereocenters. The molecule has 1 rings (SSSR count). The zero-order chi connectivity index (χ0) is 15.1. The second-order valence-corrected chi connectivity index (χ2v) is 6.35. The largest absolute Gasteiger partial charge is 0.396 e. The number of carbonyl (C=O) groups excluding carboxylic acids is 1. The minimum absolute atomic E-state index is 0.201. The first-order valence-electron chi connectivity index (χ1n) is 6.90. The van der Waals surface area contributed by atoms with Crippen LogP contribution < -0.4 is 0 Å². The van der Waals surface area contributed by atoms with Crippen molar-refractivity contribution in [1.29, 1.82) is 0 Å². The van der Waals surface area contributed by atoms with Crippen LogP contribution in [0, 0.1) is 18.3 Å². The molecule has 0 aromatic heterocycles. The number of Topliss-reactive ketones (excluding diaryl/α,β-unsaturated/α-hetero) is 1. The van der Waals surface area contributed by atoms with Crippen molar-refractivity contribution in [2.45, 2.75) is 48.0 Å². The second-order valence-electron chi connectivity index (χ2n) is 6.35. The van der Waals surface area contributed by atoms with Gasteiger partial charge in [-0.15, -0.1) is 0 Å². The lowest BCUT2D eigenvalue weighted by molar-refractivity contribution is 0.0858. The van der Waals surface area contributed by atoms with E-state index < -0.39 is 0 Å². The average Bonchev–Trinajstić information content (AvgIpc) is 2.28. The highest BCUT2D eigenvalue weighted by molar-refractivity contribution is 5.99. The first kappa shape index (κ1) is 17.8. The molecular formula is C17H28O2. The summed E-state index contributed by atoms with van der Waals surface area (Å²) in [6, 6.07) is 7.73. The lowest BCUT2D eigenvalue weighted by Gasteiger charge is -2.16. The fourth-order valence-corrected chi connectivity index (χ4v) is 1.40. The monoisotopic (exact) mass is 264 g/mol.